The predicted octanol–water partition coefficient (Wildman–Crippen LogP) is 2.24. The van der Waals surface area contributed by atoms with Crippen LogP contribution in [0.15, 0.2) is 6.20 Å². The maximum atomic E-state index is 12.3. The van der Waals surface area contributed by atoms with Crippen molar-refractivity contribution >= 4 is 18.3 Å². The quantitative estimate of drug-likeness (QED) is 0.765. The maximum Gasteiger partial charge on any atom is 0.273 e. The van der Waals surface area contributed by atoms with Crippen LogP contribution in [0.4, 0.5) is 0 Å². The zero-order valence-corrected chi connectivity index (χ0v) is 15.1. The summed E-state index contributed by atoms with van der Waals surface area (Å²) in [5.74, 6) is 0.845. The predicted molar refractivity (Wildman–Crippen MR) is 91.1 cm³/mol. The van der Waals surface area contributed by atoms with Crippen LogP contribution in [0.1, 0.15) is 57.9 Å². The first-order valence-electron chi connectivity index (χ1n) is 7.68. The van der Waals surface area contributed by atoms with E-state index in [1.165, 1.54) is 0 Å². The van der Waals surface area contributed by atoms with Gasteiger partial charge in [-0.05, 0) is 31.6 Å². The summed E-state index contributed by atoms with van der Waals surface area (Å²) in [6.45, 7) is 11.7. The van der Waals surface area contributed by atoms with E-state index < -0.39 is 5.54 Å². The molecule has 1 rings (SSSR count). The lowest BCUT2D eigenvalue weighted by atomic mass is 9.90. The Balaban J connectivity index is 0.00000441. The summed E-state index contributed by atoms with van der Waals surface area (Å²) >= 11 is 0. The second-order valence-corrected chi connectivity index (χ2v) is 6.87. The topological polar surface area (TPSA) is 85.8 Å². The number of nitrogens with one attached hydrogen (secondary N) is 1. The number of nitrogens with two attached hydrogens (primary N) is 1. The Morgan fingerprint density at radius 2 is 2.00 bits per heavy atom. The van der Waals surface area contributed by atoms with Gasteiger partial charge in [-0.2, -0.15) is 0 Å². The van der Waals surface area contributed by atoms with E-state index >= 15 is 0 Å². The van der Waals surface area contributed by atoms with Crippen molar-refractivity contribution < 1.29 is 4.79 Å². The highest BCUT2D eigenvalue weighted by Gasteiger charge is 2.27. The second-order valence-electron chi connectivity index (χ2n) is 6.87. The van der Waals surface area contributed by atoms with E-state index in [1.807, 2.05) is 6.92 Å². The summed E-state index contributed by atoms with van der Waals surface area (Å²) in [6, 6.07) is 0. The number of carbonyl (C=O) groups excluding carboxylic acids is 1. The number of nitrogens with zero attached hydrogens (tertiary/aromatic N) is 3. The van der Waals surface area contributed by atoms with E-state index in [9.17, 15) is 4.79 Å². The molecule has 22 heavy (non-hydrogen) atoms. The van der Waals surface area contributed by atoms with Crippen LogP contribution in [-0.2, 0) is 6.54 Å². The molecule has 0 aliphatic rings. The zero-order chi connectivity index (χ0) is 16.0. The fourth-order valence-corrected chi connectivity index (χ4v) is 2.33. The summed E-state index contributed by atoms with van der Waals surface area (Å²) in [4.78, 5) is 12.3. The lowest BCUT2D eigenvalue weighted by Gasteiger charge is -2.30. The monoisotopic (exact) mass is 331 g/mol. The Labute approximate surface area is 139 Å². The van der Waals surface area contributed by atoms with Gasteiger partial charge >= 0.3 is 0 Å². The molecule has 0 aromatic carbocycles. The Bertz CT molecular complexity index is 461. The van der Waals surface area contributed by atoms with E-state index in [2.05, 4.69) is 43.3 Å². The van der Waals surface area contributed by atoms with Gasteiger partial charge in [0.2, 0.25) is 0 Å². The molecule has 1 heterocycles. The number of hydrogen-bond acceptors (Lipinski definition) is 4. The van der Waals surface area contributed by atoms with Gasteiger partial charge in [-0.15, -0.1) is 17.5 Å². The van der Waals surface area contributed by atoms with Crippen molar-refractivity contribution in [1.82, 2.24) is 20.3 Å². The molecule has 0 spiro atoms. The number of halogens is 1. The summed E-state index contributed by atoms with van der Waals surface area (Å²) in [5, 5.41) is 10.9. The van der Waals surface area contributed by atoms with Crippen molar-refractivity contribution in [2.45, 2.75) is 59.5 Å². The van der Waals surface area contributed by atoms with Gasteiger partial charge in [-0.3, -0.25) is 9.48 Å². The minimum Gasteiger partial charge on any atom is -0.344 e. The van der Waals surface area contributed by atoms with Crippen LogP contribution < -0.4 is 11.1 Å². The average Bonchev–Trinajstić information content (AvgIpc) is 2.84. The largest absolute Gasteiger partial charge is 0.344 e. The van der Waals surface area contributed by atoms with Crippen molar-refractivity contribution in [3.63, 3.8) is 0 Å². The Morgan fingerprint density at radius 3 is 2.50 bits per heavy atom. The normalized spacial score (nSPS) is 13.8. The van der Waals surface area contributed by atoms with Gasteiger partial charge in [-0.25, -0.2) is 0 Å². The van der Waals surface area contributed by atoms with Crippen molar-refractivity contribution in [3.05, 3.63) is 11.9 Å². The van der Waals surface area contributed by atoms with E-state index in [4.69, 9.17) is 5.73 Å². The first kappa shape index (κ1) is 20.9. The molecule has 1 atom stereocenters. The highest BCUT2D eigenvalue weighted by molar-refractivity contribution is 5.92. The van der Waals surface area contributed by atoms with Gasteiger partial charge in [0, 0.05) is 13.1 Å². The van der Waals surface area contributed by atoms with Gasteiger partial charge in [0.15, 0.2) is 5.69 Å². The van der Waals surface area contributed by atoms with Crippen LogP contribution >= 0.6 is 12.4 Å². The number of rotatable bonds is 8. The molecule has 7 heteroatoms. The van der Waals surface area contributed by atoms with Gasteiger partial charge in [0.05, 0.1) is 11.7 Å². The fraction of sp³-hybridized carbons (Fsp3) is 0.800. The molecule has 0 saturated heterocycles. The van der Waals surface area contributed by atoms with Gasteiger partial charge in [0.1, 0.15) is 0 Å². The molecule has 0 bridgehead atoms. The van der Waals surface area contributed by atoms with Crippen LogP contribution in [0.25, 0.3) is 0 Å². The highest BCUT2D eigenvalue weighted by atomic mass is 35.5. The average molecular weight is 332 g/mol. The lowest BCUT2D eigenvalue weighted by Crippen LogP contribution is -2.52. The number of aromatic nitrogens is 3. The van der Waals surface area contributed by atoms with Crippen molar-refractivity contribution in [2.24, 2.45) is 17.6 Å². The van der Waals surface area contributed by atoms with E-state index in [0.717, 1.165) is 19.4 Å². The van der Waals surface area contributed by atoms with Crippen molar-refractivity contribution in [2.75, 3.05) is 6.54 Å². The smallest absolute Gasteiger partial charge is 0.273 e. The third kappa shape index (κ3) is 6.75. The molecule has 0 aliphatic carbocycles. The van der Waals surface area contributed by atoms with Gasteiger partial charge < -0.3 is 11.1 Å². The van der Waals surface area contributed by atoms with E-state index in [0.29, 0.717) is 24.1 Å². The van der Waals surface area contributed by atoms with E-state index in [1.54, 1.807) is 10.9 Å². The lowest BCUT2D eigenvalue weighted by molar-refractivity contribution is 0.0893. The third-order valence-electron chi connectivity index (χ3n) is 3.43. The summed E-state index contributed by atoms with van der Waals surface area (Å²) in [7, 11) is 0. The minimum atomic E-state index is -0.410. The van der Waals surface area contributed by atoms with Crippen LogP contribution in [-0.4, -0.2) is 33.0 Å². The van der Waals surface area contributed by atoms with Crippen LogP contribution in [0.5, 0.6) is 0 Å². The maximum absolute atomic E-state index is 12.3. The number of carbonyl (C=O) groups is 1. The summed E-state index contributed by atoms with van der Waals surface area (Å²) < 4.78 is 1.72. The SMILES string of the molecule is CC(C)CCn1cc(C(=O)NC(C)(CN)CC(C)C)nn1.Cl. The van der Waals surface area contributed by atoms with Gasteiger partial charge in [-0.1, -0.05) is 32.9 Å². The number of amides is 1. The first-order chi connectivity index (χ1) is 9.75. The molecule has 0 aliphatic heterocycles. The fourth-order valence-electron chi connectivity index (χ4n) is 2.33. The Kier molecular flexibility index (Phi) is 8.63. The third-order valence-corrected chi connectivity index (χ3v) is 3.43. The molecular formula is C15H30ClN5O. The molecule has 1 unspecified atom stereocenters. The zero-order valence-electron chi connectivity index (χ0n) is 14.3. The molecule has 128 valence electrons. The summed E-state index contributed by atoms with van der Waals surface area (Å²) in [5.41, 5.74) is 5.75. The molecular weight excluding hydrogens is 302 g/mol. The van der Waals surface area contributed by atoms with Crippen LogP contribution in [0.3, 0.4) is 0 Å². The standard InChI is InChI=1S/C15H29N5O.ClH/c1-11(2)6-7-20-9-13(18-19-20)14(21)17-15(5,10-16)8-12(3)4;/h9,11-12H,6-8,10,16H2,1-5H3,(H,17,21);1H. The molecule has 1 amide bonds. The molecule has 0 saturated carbocycles. The highest BCUT2D eigenvalue weighted by Crippen LogP contribution is 2.15. The molecule has 1 aromatic heterocycles. The molecule has 0 radical (unpaired) electrons. The molecule has 1 aromatic rings. The first-order valence-corrected chi connectivity index (χ1v) is 7.68. The molecule has 0 fully saturated rings. The van der Waals surface area contributed by atoms with Crippen LogP contribution in [0.2, 0.25) is 0 Å². The Morgan fingerprint density at radius 1 is 1.36 bits per heavy atom. The Hall–Kier alpha value is -1.14. The molecule has 3 N–H and O–H groups in total. The van der Waals surface area contributed by atoms with E-state index in [-0.39, 0.29) is 18.3 Å². The molecule has 6 nitrogen and oxygen atoms in total. The van der Waals surface area contributed by atoms with Crippen molar-refractivity contribution in [1.29, 1.82) is 0 Å². The second kappa shape index (κ2) is 9.10. The van der Waals surface area contributed by atoms with Gasteiger partial charge in [0.25, 0.3) is 5.91 Å². The minimum absolute atomic E-state index is 0. The number of hydrogen-bond donors (Lipinski definition) is 2. The number of aryl methyl sites for hydroxylation is 1. The summed E-state index contributed by atoms with van der Waals surface area (Å²) in [6.07, 6.45) is 3.54. The van der Waals surface area contributed by atoms with Crippen LogP contribution in [0, 0.1) is 11.8 Å². The van der Waals surface area contributed by atoms with Crippen molar-refractivity contribution in [3.8, 4) is 0 Å².